The molecule has 13 rings (SSSR count). The maximum absolute atomic E-state index is 9.93. The SMILES string of the molecule is N#Cc1ccc(N(c2ccc3c(c2)C2(c4ccccc4-c4ccccc42)c2cc(N(c4ccc(C#N)cc4)c4cccc5ccccc45)c4ccccc4c2-3)c2cccc3ccccc23)cc1. The summed E-state index contributed by atoms with van der Waals surface area (Å²) < 4.78 is 0. The Morgan fingerprint density at radius 3 is 1.36 bits per heavy atom. The van der Waals surface area contributed by atoms with Gasteiger partial charge in [-0.2, -0.15) is 10.5 Å². The second kappa shape index (κ2) is 14.9. The molecule has 11 aromatic rings. The fourth-order valence-electron chi connectivity index (χ4n) is 11.3. The Kier molecular flexibility index (Phi) is 8.52. The van der Waals surface area contributed by atoms with E-state index in [1.807, 2.05) is 24.3 Å². The molecule has 1 spiro atoms. The third kappa shape index (κ3) is 5.58. The number of anilines is 6. The van der Waals surface area contributed by atoms with Crippen LogP contribution in [-0.4, -0.2) is 0 Å². The van der Waals surface area contributed by atoms with Crippen LogP contribution in [0, 0.1) is 22.7 Å². The topological polar surface area (TPSA) is 54.1 Å². The van der Waals surface area contributed by atoms with Crippen molar-refractivity contribution in [2.45, 2.75) is 5.41 Å². The smallest absolute Gasteiger partial charge is 0.0991 e. The number of rotatable bonds is 6. The summed E-state index contributed by atoms with van der Waals surface area (Å²) in [5.74, 6) is 0. The summed E-state index contributed by atoms with van der Waals surface area (Å²) in [5, 5.41) is 26.7. The van der Waals surface area contributed by atoms with Crippen LogP contribution in [0.15, 0.2) is 231 Å². The van der Waals surface area contributed by atoms with Crippen LogP contribution in [0.1, 0.15) is 33.4 Å². The van der Waals surface area contributed by atoms with Gasteiger partial charge >= 0.3 is 0 Å². The number of nitriles is 2. The first kappa shape index (κ1) is 38.3. The monoisotopic (exact) mass is 850 g/mol. The summed E-state index contributed by atoms with van der Waals surface area (Å²) in [5.41, 5.74) is 16.5. The zero-order chi connectivity index (χ0) is 44.6. The third-order valence-electron chi connectivity index (χ3n) is 14.1. The lowest BCUT2D eigenvalue weighted by atomic mass is 9.70. The summed E-state index contributed by atoms with van der Waals surface area (Å²) in [6.45, 7) is 0. The fraction of sp³-hybridized carbons (Fsp3) is 0.0159. The molecule has 2 aliphatic rings. The highest BCUT2D eigenvalue weighted by molar-refractivity contribution is 6.14. The summed E-state index contributed by atoms with van der Waals surface area (Å²) in [6.07, 6.45) is 0. The Hall–Kier alpha value is -9.22. The van der Waals surface area contributed by atoms with Gasteiger partial charge in [0.25, 0.3) is 0 Å². The third-order valence-corrected chi connectivity index (χ3v) is 14.1. The predicted molar refractivity (Wildman–Crippen MR) is 274 cm³/mol. The van der Waals surface area contributed by atoms with E-state index in [0.29, 0.717) is 11.1 Å². The highest BCUT2D eigenvalue weighted by Gasteiger charge is 2.52. The molecule has 310 valence electrons. The summed E-state index contributed by atoms with van der Waals surface area (Å²) >= 11 is 0. The number of hydrogen-bond donors (Lipinski definition) is 0. The lowest BCUT2D eigenvalue weighted by molar-refractivity contribution is 0.794. The zero-order valence-electron chi connectivity index (χ0n) is 36.2. The Bertz CT molecular complexity index is 3850. The van der Waals surface area contributed by atoms with E-state index in [-0.39, 0.29) is 0 Å². The van der Waals surface area contributed by atoms with E-state index >= 15 is 0 Å². The van der Waals surface area contributed by atoms with Crippen molar-refractivity contribution in [1.82, 2.24) is 0 Å². The molecule has 4 nitrogen and oxygen atoms in total. The van der Waals surface area contributed by atoms with E-state index in [1.165, 1.54) is 49.9 Å². The minimum atomic E-state index is -0.698. The first-order valence-corrected chi connectivity index (χ1v) is 22.6. The Morgan fingerprint density at radius 2 is 0.776 bits per heavy atom. The maximum Gasteiger partial charge on any atom is 0.0991 e. The van der Waals surface area contributed by atoms with E-state index in [0.717, 1.165) is 61.1 Å². The lowest BCUT2D eigenvalue weighted by Gasteiger charge is -2.34. The van der Waals surface area contributed by atoms with Crippen molar-refractivity contribution in [3.8, 4) is 34.4 Å². The largest absolute Gasteiger partial charge is 0.310 e. The van der Waals surface area contributed by atoms with Crippen LogP contribution >= 0.6 is 0 Å². The Labute approximate surface area is 388 Å². The average molecular weight is 851 g/mol. The summed E-state index contributed by atoms with van der Waals surface area (Å²) in [4.78, 5) is 4.75. The van der Waals surface area contributed by atoms with E-state index in [1.54, 1.807) is 0 Å². The van der Waals surface area contributed by atoms with Gasteiger partial charge in [0.15, 0.2) is 0 Å². The number of fused-ring (bicyclic) bond motifs is 14. The molecule has 0 saturated heterocycles. The second-order valence-corrected chi connectivity index (χ2v) is 17.4. The van der Waals surface area contributed by atoms with Crippen LogP contribution in [0.25, 0.3) is 54.6 Å². The molecule has 0 fully saturated rings. The highest BCUT2D eigenvalue weighted by atomic mass is 15.2. The average Bonchev–Trinajstić information content (AvgIpc) is 3.86. The van der Waals surface area contributed by atoms with Gasteiger partial charge in [-0.15, -0.1) is 0 Å². The number of benzene rings is 11. The number of nitrogens with zero attached hydrogens (tertiary/aromatic N) is 4. The molecular formula is C63H38N4. The second-order valence-electron chi connectivity index (χ2n) is 17.4. The van der Waals surface area contributed by atoms with E-state index in [2.05, 4.69) is 228 Å². The van der Waals surface area contributed by atoms with Gasteiger partial charge in [0.1, 0.15) is 0 Å². The molecule has 0 heterocycles. The van der Waals surface area contributed by atoms with Gasteiger partial charge < -0.3 is 9.80 Å². The van der Waals surface area contributed by atoms with Gasteiger partial charge in [0.05, 0.1) is 45.7 Å². The highest BCUT2D eigenvalue weighted by Crippen LogP contribution is 2.65. The number of hydrogen-bond acceptors (Lipinski definition) is 4. The van der Waals surface area contributed by atoms with Gasteiger partial charge in [-0.05, 0) is 140 Å². The maximum atomic E-state index is 9.93. The van der Waals surface area contributed by atoms with Crippen molar-refractivity contribution in [3.63, 3.8) is 0 Å². The molecule has 2 aliphatic carbocycles. The molecule has 0 amide bonds. The summed E-state index contributed by atoms with van der Waals surface area (Å²) in [7, 11) is 0. The first-order chi connectivity index (χ1) is 33.1. The molecule has 0 bridgehead atoms. The quantitative estimate of drug-likeness (QED) is 0.167. The van der Waals surface area contributed by atoms with Gasteiger partial charge in [-0.3, -0.25) is 0 Å². The molecule has 0 saturated carbocycles. The molecule has 0 radical (unpaired) electrons. The minimum absolute atomic E-state index is 0.614. The van der Waals surface area contributed by atoms with Crippen LogP contribution in [0.3, 0.4) is 0 Å². The summed E-state index contributed by atoms with van der Waals surface area (Å²) in [6, 6.07) is 87.1. The molecule has 11 aromatic carbocycles. The van der Waals surface area contributed by atoms with Crippen molar-refractivity contribution in [2.24, 2.45) is 0 Å². The normalized spacial score (nSPS) is 12.6. The lowest BCUT2D eigenvalue weighted by Crippen LogP contribution is -2.26. The molecule has 0 unspecified atom stereocenters. The van der Waals surface area contributed by atoms with E-state index in [9.17, 15) is 10.5 Å². The van der Waals surface area contributed by atoms with Crippen molar-refractivity contribution >= 4 is 66.4 Å². The van der Waals surface area contributed by atoms with Crippen molar-refractivity contribution in [3.05, 3.63) is 264 Å². The molecule has 0 aromatic heterocycles. The molecule has 0 atom stereocenters. The van der Waals surface area contributed by atoms with Gasteiger partial charge in [0, 0.05) is 33.2 Å². The Balaban J connectivity index is 1.15. The van der Waals surface area contributed by atoms with Crippen LogP contribution in [0.4, 0.5) is 34.1 Å². The van der Waals surface area contributed by atoms with Crippen LogP contribution < -0.4 is 9.80 Å². The van der Waals surface area contributed by atoms with Crippen LogP contribution in [0.5, 0.6) is 0 Å². The zero-order valence-corrected chi connectivity index (χ0v) is 36.2. The van der Waals surface area contributed by atoms with Crippen molar-refractivity contribution < 1.29 is 0 Å². The van der Waals surface area contributed by atoms with Crippen LogP contribution in [-0.2, 0) is 5.41 Å². The molecular weight excluding hydrogens is 813 g/mol. The molecule has 0 N–H and O–H groups in total. The molecule has 4 heteroatoms. The van der Waals surface area contributed by atoms with Crippen molar-refractivity contribution in [2.75, 3.05) is 9.80 Å². The first-order valence-electron chi connectivity index (χ1n) is 22.6. The minimum Gasteiger partial charge on any atom is -0.310 e. The predicted octanol–water partition coefficient (Wildman–Crippen LogP) is 16.2. The molecule has 0 aliphatic heterocycles. The Morgan fingerprint density at radius 1 is 0.313 bits per heavy atom. The van der Waals surface area contributed by atoms with Crippen molar-refractivity contribution in [1.29, 1.82) is 10.5 Å². The van der Waals surface area contributed by atoms with Gasteiger partial charge in [0.2, 0.25) is 0 Å². The molecule has 67 heavy (non-hydrogen) atoms. The van der Waals surface area contributed by atoms with Gasteiger partial charge in [-0.25, -0.2) is 0 Å². The van der Waals surface area contributed by atoms with E-state index in [4.69, 9.17) is 0 Å². The van der Waals surface area contributed by atoms with E-state index < -0.39 is 5.41 Å². The standard InChI is InChI=1S/C63H38N4/c64-39-41-27-31-45(32-28-41)66(59-25-11-15-43-13-1-3-17-48(43)59)47-35-36-54-57(37-47)63(55-23-9-7-19-50(55)51-20-8-10-24-56(51)63)58-38-61(52-21-5-6-22-53(52)62(54)58)67(46-33-29-42(40-65)30-34-46)60-26-12-16-44-14-2-4-18-49(44)60/h1-38H. The van der Waals surface area contributed by atoms with Gasteiger partial charge in [-0.1, -0.05) is 152 Å². The fourth-order valence-corrected chi connectivity index (χ4v) is 11.3. The van der Waals surface area contributed by atoms with Crippen LogP contribution in [0.2, 0.25) is 0 Å².